The first-order valence-corrected chi connectivity index (χ1v) is 5.61. The number of hydrogen-bond acceptors (Lipinski definition) is 5. The predicted octanol–water partition coefficient (Wildman–Crippen LogP) is 0.129. The number of rotatable bonds is 4. The number of carbonyl (C=O) groups is 1. The Morgan fingerprint density at radius 3 is 2.38 bits per heavy atom. The molecule has 0 atom stereocenters. The molecule has 16 heavy (non-hydrogen) atoms. The summed E-state index contributed by atoms with van der Waals surface area (Å²) < 4.78 is 31.9. The van der Waals surface area contributed by atoms with Gasteiger partial charge >= 0.3 is 0 Å². The average Bonchev–Trinajstić information content (AvgIpc) is 2.28. The van der Waals surface area contributed by atoms with E-state index in [1.165, 1.54) is 19.2 Å². The van der Waals surface area contributed by atoms with Gasteiger partial charge in [0.25, 0.3) is 16.0 Å². The van der Waals surface area contributed by atoms with Gasteiger partial charge in [0.1, 0.15) is 5.75 Å². The van der Waals surface area contributed by atoms with Crippen molar-refractivity contribution >= 4 is 16.0 Å². The zero-order valence-corrected chi connectivity index (χ0v) is 9.58. The van der Waals surface area contributed by atoms with Crippen molar-refractivity contribution in [2.24, 2.45) is 5.73 Å². The highest BCUT2D eigenvalue weighted by molar-refractivity contribution is 7.86. The first-order valence-electron chi connectivity index (χ1n) is 4.21. The van der Waals surface area contributed by atoms with Crippen LogP contribution in [0.4, 0.5) is 0 Å². The third kappa shape index (κ3) is 2.31. The summed E-state index contributed by atoms with van der Waals surface area (Å²) >= 11 is 0. The second kappa shape index (κ2) is 4.50. The number of primary amides is 1. The van der Waals surface area contributed by atoms with Crippen molar-refractivity contribution in [3.05, 3.63) is 23.8 Å². The number of amides is 1. The number of methoxy groups -OCH3 is 1. The Morgan fingerprint density at radius 2 is 1.94 bits per heavy atom. The van der Waals surface area contributed by atoms with Crippen LogP contribution in [0.15, 0.2) is 23.1 Å². The summed E-state index contributed by atoms with van der Waals surface area (Å²) in [6.45, 7) is 0. The summed E-state index contributed by atoms with van der Waals surface area (Å²) in [5.74, 6) is -0.562. The van der Waals surface area contributed by atoms with Crippen LogP contribution in [-0.4, -0.2) is 28.5 Å². The fourth-order valence-corrected chi connectivity index (χ4v) is 1.82. The molecule has 1 aromatic carbocycles. The molecular weight excluding hydrogens is 234 g/mol. The molecule has 0 spiro atoms. The minimum absolute atomic E-state index is 0.0133. The zero-order chi connectivity index (χ0) is 12.3. The molecule has 0 aliphatic carbocycles. The first-order chi connectivity index (χ1) is 7.42. The molecule has 0 heterocycles. The Labute approximate surface area is 93.1 Å². The van der Waals surface area contributed by atoms with Crippen LogP contribution in [0.1, 0.15) is 10.4 Å². The number of hydrogen-bond donors (Lipinski definition) is 1. The maximum Gasteiger partial charge on any atom is 0.296 e. The lowest BCUT2D eigenvalue weighted by Gasteiger charge is -2.07. The van der Waals surface area contributed by atoms with Crippen LogP contribution < -0.4 is 10.5 Å². The zero-order valence-electron chi connectivity index (χ0n) is 8.76. The fourth-order valence-electron chi connectivity index (χ4n) is 1.13. The summed E-state index contributed by atoms with van der Waals surface area (Å²) in [5, 5.41) is 0. The van der Waals surface area contributed by atoms with E-state index in [0.29, 0.717) is 0 Å². The maximum atomic E-state index is 11.4. The van der Waals surface area contributed by atoms with Gasteiger partial charge in [-0.25, -0.2) is 0 Å². The van der Waals surface area contributed by atoms with Crippen LogP contribution in [0.3, 0.4) is 0 Å². The van der Waals surface area contributed by atoms with Gasteiger partial charge in [-0.3, -0.25) is 8.98 Å². The van der Waals surface area contributed by atoms with E-state index in [0.717, 1.165) is 13.2 Å². The monoisotopic (exact) mass is 245 g/mol. The predicted molar refractivity (Wildman–Crippen MR) is 55.7 cm³/mol. The van der Waals surface area contributed by atoms with Crippen LogP contribution in [0.25, 0.3) is 0 Å². The molecule has 1 amide bonds. The van der Waals surface area contributed by atoms with Crippen molar-refractivity contribution in [3.8, 4) is 5.75 Å². The van der Waals surface area contributed by atoms with E-state index in [9.17, 15) is 13.2 Å². The molecule has 0 fully saturated rings. The maximum absolute atomic E-state index is 11.4. The van der Waals surface area contributed by atoms with Gasteiger partial charge in [-0.15, -0.1) is 0 Å². The van der Waals surface area contributed by atoms with Crippen LogP contribution in [-0.2, 0) is 14.3 Å². The van der Waals surface area contributed by atoms with E-state index in [2.05, 4.69) is 4.18 Å². The normalized spacial score (nSPS) is 11.1. The molecule has 88 valence electrons. The van der Waals surface area contributed by atoms with Crippen molar-refractivity contribution in [3.63, 3.8) is 0 Å². The van der Waals surface area contributed by atoms with Crippen LogP contribution in [0.5, 0.6) is 5.75 Å². The van der Waals surface area contributed by atoms with E-state index < -0.39 is 16.0 Å². The summed E-state index contributed by atoms with van der Waals surface area (Å²) in [5.41, 5.74) is 5.08. The molecule has 2 N–H and O–H groups in total. The molecule has 6 nitrogen and oxygen atoms in total. The molecule has 1 rings (SSSR count). The SMILES string of the molecule is COc1ccc(S(=O)(=O)OC)cc1C(N)=O. The molecule has 0 radical (unpaired) electrons. The molecule has 0 bridgehead atoms. The molecule has 0 aliphatic heterocycles. The lowest BCUT2D eigenvalue weighted by molar-refractivity contribution is 0.0997. The summed E-state index contributed by atoms with van der Waals surface area (Å²) in [7, 11) is -1.46. The van der Waals surface area contributed by atoms with E-state index in [4.69, 9.17) is 10.5 Å². The molecule has 0 saturated carbocycles. The summed E-state index contributed by atoms with van der Waals surface area (Å²) in [4.78, 5) is 10.9. The Hall–Kier alpha value is -1.60. The van der Waals surface area contributed by atoms with E-state index in [1.54, 1.807) is 0 Å². The van der Waals surface area contributed by atoms with E-state index in [1.807, 2.05) is 0 Å². The quantitative estimate of drug-likeness (QED) is 0.760. The number of carbonyl (C=O) groups excluding carboxylic acids is 1. The minimum Gasteiger partial charge on any atom is -0.496 e. The Bertz CT molecular complexity index is 509. The van der Waals surface area contributed by atoms with Gasteiger partial charge in [0.05, 0.1) is 24.7 Å². The molecule has 0 unspecified atom stereocenters. The van der Waals surface area contributed by atoms with Gasteiger partial charge < -0.3 is 10.5 Å². The van der Waals surface area contributed by atoms with Crippen LogP contribution in [0.2, 0.25) is 0 Å². The van der Waals surface area contributed by atoms with Crippen LogP contribution >= 0.6 is 0 Å². The minimum atomic E-state index is -3.84. The number of nitrogens with two attached hydrogens (primary N) is 1. The Kier molecular flexibility index (Phi) is 3.51. The lowest BCUT2D eigenvalue weighted by atomic mass is 10.2. The number of benzene rings is 1. The Morgan fingerprint density at radius 1 is 1.31 bits per heavy atom. The van der Waals surface area contributed by atoms with Crippen molar-refractivity contribution in [2.45, 2.75) is 4.90 Å². The molecular formula is C9H11NO5S. The smallest absolute Gasteiger partial charge is 0.296 e. The molecule has 0 saturated heterocycles. The van der Waals surface area contributed by atoms with Crippen LogP contribution in [0, 0.1) is 0 Å². The van der Waals surface area contributed by atoms with Gasteiger partial charge in [0, 0.05) is 0 Å². The van der Waals surface area contributed by atoms with Crippen molar-refractivity contribution in [1.82, 2.24) is 0 Å². The number of ether oxygens (including phenoxy) is 1. The van der Waals surface area contributed by atoms with Crippen molar-refractivity contribution in [2.75, 3.05) is 14.2 Å². The summed E-state index contributed by atoms with van der Waals surface area (Å²) in [6, 6.07) is 3.72. The third-order valence-corrected chi connectivity index (χ3v) is 3.21. The third-order valence-electron chi connectivity index (χ3n) is 1.94. The standard InChI is InChI=1S/C9H11NO5S/c1-14-8-4-3-6(16(12,13)15-2)5-7(8)9(10)11/h3-5H,1-2H3,(H2,10,11). The van der Waals surface area contributed by atoms with Gasteiger partial charge in [-0.05, 0) is 18.2 Å². The topological polar surface area (TPSA) is 95.7 Å². The highest BCUT2D eigenvalue weighted by Gasteiger charge is 2.17. The Balaban J connectivity index is 3.39. The average molecular weight is 245 g/mol. The van der Waals surface area contributed by atoms with Gasteiger partial charge in [0.15, 0.2) is 0 Å². The highest BCUT2D eigenvalue weighted by Crippen LogP contribution is 2.22. The van der Waals surface area contributed by atoms with E-state index >= 15 is 0 Å². The van der Waals surface area contributed by atoms with Crippen molar-refractivity contribution < 1.29 is 22.1 Å². The first kappa shape index (κ1) is 12.5. The van der Waals surface area contributed by atoms with E-state index in [-0.39, 0.29) is 16.2 Å². The second-order valence-corrected chi connectivity index (χ2v) is 4.56. The molecule has 0 aliphatic rings. The van der Waals surface area contributed by atoms with Crippen molar-refractivity contribution in [1.29, 1.82) is 0 Å². The van der Waals surface area contributed by atoms with Gasteiger partial charge in [0.2, 0.25) is 0 Å². The second-order valence-electron chi connectivity index (χ2n) is 2.85. The summed E-state index contributed by atoms with van der Waals surface area (Å²) in [6.07, 6.45) is 0. The van der Waals surface area contributed by atoms with Gasteiger partial charge in [-0.2, -0.15) is 8.42 Å². The largest absolute Gasteiger partial charge is 0.496 e. The van der Waals surface area contributed by atoms with Gasteiger partial charge in [-0.1, -0.05) is 0 Å². The molecule has 1 aromatic rings. The fraction of sp³-hybridized carbons (Fsp3) is 0.222. The molecule has 0 aromatic heterocycles. The molecule has 7 heteroatoms. The highest BCUT2D eigenvalue weighted by atomic mass is 32.2. The lowest BCUT2D eigenvalue weighted by Crippen LogP contribution is -2.14.